The van der Waals surface area contributed by atoms with Crippen molar-refractivity contribution in [3.8, 4) is 5.75 Å². The Labute approximate surface area is 153 Å². The molecule has 1 aromatic heterocycles. The zero-order chi connectivity index (χ0) is 17.6. The number of pyridine rings is 1. The molecule has 0 unspecified atom stereocenters. The number of piperidine rings is 1. The molecule has 1 aliphatic rings. The molecule has 1 aliphatic heterocycles. The van der Waals surface area contributed by atoms with Crippen molar-refractivity contribution < 1.29 is 5.11 Å². The molecule has 0 atom stereocenters. The molecule has 0 spiro atoms. The molecule has 25 heavy (non-hydrogen) atoms. The monoisotopic (exact) mass is 358 g/mol. The van der Waals surface area contributed by atoms with E-state index in [2.05, 4.69) is 20.4 Å². The van der Waals surface area contributed by atoms with Gasteiger partial charge in [0.2, 0.25) is 0 Å². The van der Waals surface area contributed by atoms with E-state index in [0.717, 1.165) is 36.5 Å². The highest BCUT2D eigenvalue weighted by Gasteiger charge is 2.13. The van der Waals surface area contributed by atoms with Gasteiger partial charge in [0.25, 0.3) is 0 Å². The zero-order valence-corrected chi connectivity index (χ0v) is 15.1. The second-order valence-electron chi connectivity index (χ2n) is 6.32. The smallest absolute Gasteiger partial charge is 0.165 e. The van der Waals surface area contributed by atoms with Gasteiger partial charge in [0.1, 0.15) is 5.75 Å². The minimum Gasteiger partial charge on any atom is -0.508 e. The first-order chi connectivity index (χ1) is 12.1. The third-order valence-electron chi connectivity index (χ3n) is 4.43. The summed E-state index contributed by atoms with van der Waals surface area (Å²) < 4.78 is 0. The van der Waals surface area contributed by atoms with E-state index >= 15 is 0 Å². The Morgan fingerprint density at radius 1 is 1.28 bits per heavy atom. The predicted octanol–water partition coefficient (Wildman–Crippen LogP) is 4.26. The van der Waals surface area contributed by atoms with Gasteiger partial charge in [-0.1, -0.05) is 18.0 Å². The van der Waals surface area contributed by atoms with Gasteiger partial charge in [-0.05, 0) is 68.8 Å². The van der Waals surface area contributed by atoms with Crippen LogP contribution >= 0.6 is 11.6 Å². The molecule has 5 nitrogen and oxygen atoms in total. The standard InChI is InChI=1S/C19H23ClN4O/c1-14(22-23-19-17(20)6-5-9-21-19)15-7-8-18(25)16(12-15)13-24-10-3-2-4-11-24/h5-9,12,25H,2-4,10-11,13H2,1H3,(H,21,23)/b22-14+. The number of hydrazone groups is 1. The summed E-state index contributed by atoms with van der Waals surface area (Å²) in [5, 5.41) is 15.1. The highest BCUT2D eigenvalue weighted by Crippen LogP contribution is 2.23. The third kappa shape index (κ3) is 4.71. The Bertz CT molecular complexity index is 757. The number of nitrogens with zero attached hydrogens (tertiary/aromatic N) is 3. The van der Waals surface area contributed by atoms with E-state index in [0.29, 0.717) is 16.6 Å². The summed E-state index contributed by atoms with van der Waals surface area (Å²) in [5.74, 6) is 0.860. The van der Waals surface area contributed by atoms with Crippen LogP contribution in [0, 0.1) is 0 Å². The van der Waals surface area contributed by atoms with E-state index < -0.39 is 0 Å². The number of aromatic nitrogens is 1. The fourth-order valence-electron chi connectivity index (χ4n) is 2.96. The van der Waals surface area contributed by atoms with E-state index in [1.807, 2.05) is 19.1 Å². The summed E-state index contributed by atoms with van der Waals surface area (Å²) in [7, 11) is 0. The van der Waals surface area contributed by atoms with Gasteiger partial charge < -0.3 is 5.11 Å². The highest BCUT2D eigenvalue weighted by molar-refractivity contribution is 6.32. The molecule has 0 radical (unpaired) electrons. The molecule has 2 heterocycles. The third-order valence-corrected chi connectivity index (χ3v) is 4.73. The molecule has 6 heteroatoms. The number of hydrogen-bond donors (Lipinski definition) is 2. The van der Waals surface area contributed by atoms with Crippen LogP contribution in [0.1, 0.15) is 37.3 Å². The first-order valence-electron chi connectivity index (χ1n) is 8.59. The van der Waals surface area contributed by atoms with Crippen LogP contribution in [0.5, 0.6) is 5.75 Å². The molecule has 1 aromatic carbocycles. The van der Waals surface area contributed by atoms with Crippen molar-refractivity contribution in [2.45, 2.75) is 32.7 Å². The Kier molecular flexibility index (Phi) is 5.89. The molecule has 0 aliphatic carbocycles. The van der Waals surface area contributed by atoms with Crippen LogP contribution in [0.3, 0.4) is 0 Å². The molecule has 0 bridgehead atoms. The first-order valence-corrected chi connectivity index (χ1v) is 8.97. The van der Waals surface area contributed by atoms with Crippen LogP contribution in [0.4, 0.5) is 5.82 Å². The summed E-state index contributed by atoms with van der Waals surface area (Å²) in [4.78, 5) is 6.55. The summed E-state index contributed by atoms with van der Waals surface area (Å²) in [5.41, 5.74) is 5.60. The van der Waals surface area contributed by atoms with Crippen LogP contribution in [-0.4, -0.2) is 33.8 Å². The van der Waals surface area contributed by atoms with Crippen LogP contribution in [0.15, 0.2) is 41.6 Å². The number of phenolic OH excluding ortho intramolecular Hbond substituents is 1. The van der Waals surface area contributed by atoms with Crippen LogP contribution in [-0.2, 0) is 6.54 Å². The number of halogens is 1. The van der Waals surface area contributed by atoms with Gasteiger partial charge in [-0.15, -0.1) is 0 Å². The first kappa shape index (κ1) is 17.7. The summed E-state index contributed by atoms with van der Waals surface area (Å²) in [6, 6.07) is 9.15. The lowest BCUT2D eigenvalue weighted by atomic mass is 10.0. The van der Waals surface area contributed by atoms with E-state index in [1.165, 1.54) is 19.3 Å². The normalized spacial score (nSPS) is 16.0. The molecule has 132 valence electrons. The Morgan fingerprint density at radius 3 is 2.84 bits per heavy atom. The predicted molar refractivity (Wildman–Crippen MR) is 102 cm³/mol. The number of benzene rings is 1. The van der Waals surface area contributed by atoms with Crippen molar-refractivity contribution in [2.75, 3.05) is 18.5 Å². The Balaban J connectivity index is 1.73. The van der Waals surface area contributed by atoms with Crippen molar-refractivity contribution >= 4 is 23.1 Å². The van der Waals surface area contributed by atoms with Gasteiger partial charge in [-0.3, -0.25) is 10.3 Å². The number of likely N-dealkylation sites (tertiary alicyclic amines) is 1. The molecule has 0 saturated carbocycles. The molecule has 2 aromatic rings. The number of phenols is 1. The molecular weight excluding hydrogens is 336 g/mol. The molecular formula is C19H23ClN4O. The fraction of sp³-hybridized carbons (Fsp3) is 0.368. The van der Waals surface area contributed by atoms with Crippen molar-refractivity contribution in [3.63, 3.8) is 0 Å². The maximum atomic E-state index is 10.2. The molecule has 1 saturated heterocycles. The maximum absolute atomic E-state index is 10.2. The molecule has 3 rings (SSSR count). The maximum Gasteiger partial charge on any atom is 0.165 e. The summed E-state index contributed by atoms with van der Waals surface area (Å²) in [6.07, 6.45) is 5.43. The second kappa shape index (κ2) is 8.32. The zero-order valence-electron chi connectivity index (χ0n) is 14.4. The lowest BCUT2D eigenvalue weighted by Crippen LogP contribution is -2.29. The van der Waals surface area contributed by atoms with Crippen molar-refractivity contribution in [1.82, 2.24) is 9.88 Å². The summed E-state index contributed by atoms with van der Waals surface area (Å²) >= 11 is 6.08. The lowest BCUT2D eigenvalue weighted by molar-refractivity contribution is 0.218. The van der Waals surface area contributed by atoms with Gasteiger partial charge in [0, 0.05) is 18.3 Å². The summed E-state index contributed by atoms with van der Waals surface area (Å²) in [6.45, 7) is 4.88. The number of nitrogens with one attached hydrogen (secondary N) is 1. The number of rotatable bonds is 5. The van der Waals surface area contributed by atoms with E-state index in [-0.39, 0.29) is 0 Å². The number of aromatic hydroxyl groups is 1. The van der Waals surface area contributed by atoms with Crippen molar-refractivity contribution in [2.24, 2.45) is 5.10 Å². The SMILES string of the molecule is C/C(=N\Nc1ncccc1Cl)c1ccc(O)c(CN2CCCCC2)c1. The quantitative estimate of drug-likeness (QED) is 0.619. The van der Waals surface area contributed by atoms with Crippen LogP contribution in [0.25, 0.3) is 0 Å². The topological polar surface area (TPSA) is 60.8 Å². The van der Waals surface area contributed by atoms with Gasteiger partial charge in [0.15, 0.2) is 5.82 Å². The Morgan fingerprint density at radius 2 is 2.08 bits per heavy atom. The number of anilines is 1. The Hall–Kier alpha value is -2.11. The fourth-order valence-corrected chi connectivity index (χ4v) is 3.13. The average molecular weight is 359 g/mol. The van der Waals surface area contributed by atoms with E-state index in [4.69, 9.17) is 11.6 Å². The van der Waals surface area contributed by atoms with Gasteiger partial charge in [0.05, 0.1) is 10.7 Å². The van der Waals surface area contributed by atoms with E-state index in [9.17, 15) is 5.11 Å². The highest BCUT2D eigenvalue weighted by atomic mass is 35.5. The van der Waals surface area contributed by atoms with Crippen LogP contribution < -0.4 is 5.43 Å². The minimum atomic E-state index is 0.336. The number of hydrogen-bond acceptors (Lipinski definition) is 5. The second-order valence-corrected chi connectivity index (χ2v) is 6.73. The van der Waals surface area contributed by atoms with E-state index in [1.54, 1.807) is 24.4 Å². The van der Waals surface area contributed by atoms with Gasteiger partial charge >= 0.3 is 0 Å². The van der Waals surface area contributed by atoms with Gasteiger partial charge in [-0.25, -0.2) is 4.98 Å². The average Bonchev–Trinajstić information content (AvgIpc) is 2.63. The van der Waals surface area contributed by atoms with Gasteiger partial charge in [-0.2, -0.15) is 5.10 Å². The molecule has 1 fully saturated rings. The largest absolute Gasteiger partial charge is 0.508 e. The molecule has 2 N–H and O–H groups in total. The lowest BCUT2D eigenvalue weighted by Gasteiger charge is -2.26. The van der Waals surface area contributed by atoms with Crippen molar-refractivity contribution in [1.29, 1.82) is 0 Å². The van der Waals surface area contributed by atoms with Crippen molar-refractivity contribution in [3.05, 3.63) is 52.7 Å². The van der Waals surface area contributed by atoms with Crippen LogP contribution in [0.2, 0.25) is 5.02 Å². The minimum absolute atomic E-state index is 0.336. The molecule has 0 amide bonds.